The number of aryl methyl sites for hydroxylation is 1. The summed E-state index contributed by atoms with van der Waals surface area (Å²) in [6, 6.07) is 9.69. The van der Waals surface area contributed by atoms with Gasteiger partial charge in [0, 0.05) is 17.8 Å². The van der Waals surface area contributed by atoms with E-state index in [4.69, 9.17) is 11.5 Å². The van der Waals surface area contributed by atoms with Crippen LogP contribution in [0, 0.1) is 0 Å². The molecule has 0 fully saturated rings. The molecule has 122 valence electrons. The molecule has 0 aliphatic carbocycles. The van der Waals surface area contributed by atoms with Crippen LogP contribution < -0.4 is 27.3 Å². The van der Waals surface area contributed by atoms with Crippen molar-refractivity contribution in [1.29, 1.82) is 0 Å². The van der Waals surface area contributed by atoms with E-state index < -0.39 is 0 Å². The third-order valence-electron chi connectivity index (χ3n) is 3.57. The van der Waals surface area contributed by atoms with Gasteiger partial charge in [-0.25, -0.2) is 0 Å². The number of carbonyl (C=O) groups excluding carboxylic acids is 1. The molecule has 0 atom stereocenters. The van der Waals surface area contributed by atoms with Crippen LogP contribution in [-0.4, -0.2) is 5.91 Å². The molecule has 0 aromatic heterocycles. The molecule has 0 bridgehead atoms. The van der Waals surface area contributed by atoms with Crippen LogP contribution in [0.3, 0.4) is 0 Å². The quantitative estimate of drug-likeness (QED) is 0.371. The number of halogens is 1. The van der Waals surface area contributed by atoms with Crippen LogP contribution in [-0.2, 0) is 13.0 Å². The Bertz CT molecular complexity index is 689. The minimum atomic E-state index is -0.270. The fourth-order valence-corrected chi connectivity index (χ4v) is 2.26. The number of nitrogens with two attached hydrogens (primary N) is 2. The van der Waals surface area contributed by atoms with Crippen molar-refractivity contribution in [3.63, 3.8) is 0 Å². The number of nitrogen functional groups attached to an aromatic ring is 2. The van der Waals surface area contributed by atoms with Gasteiger partial charge in [0.1, 0.15) is 0 Å². The Morgan fingerprint density at radius 3 is 2.48 bits per heavy atom. The zero-order valence-electron chi connectivity index (χ0n) is 12.7. The van der Waals surface area contributed by atoms with Gasteiger partial charge < -0.3 is 21.6 Å². The lowest BCUT2D eigenvalue weighted by atomic mass is 10.0. The van der Waals surface area contributed by atoms with Crippen molar-refractivity contribution in [2.45, 2.75) is 19.9 Å². The number of nitrogens with one attached hydrogen (secondary N) is 2. The van der Waals surface area contributed by atoms with Crippen LogP contribution >= 0.6 is 0 Å². The van der Waals surface area contributed by atoms with E-state index in [9.17, 15) is 9.28 Å². The summed E-state index contributed by atoms with van der Waals surface area (Å²) in [5.74, 6) is -0.00830. The fourth-order valence-electron chi connectivity index (χ4n) is 2.26. The molecule has 0 aliphatic heterocycles. The van der Waals surface area contributed by atoms with Gasteiger partial charge in [0.15, 0.2) is 5.75 Å². The highest BCUT2D eigenvalue weighted by Crippen LogP contribution is 2.24. The molecule has 1 amide bonds. The summed E-state index contributed by atoms with van der Waals surface area (Å²) in [5, 5.41) is 2.80. The molecule has 0 heterocycles. The van der Waals surface area contributed by atoms with Gasteiger partial charge in [-0.3, -0.25) is 4.79 Å². The highest BCUT2D eigenvalue weighted by molar-refractivity contribution is 5.94. The zero-order valence-corrected chi connectivity index (χ0v) is 12.7. The van der Waals surface area contributed by atoms with Gasteiger partial charge in [0.2, 0.25) is 0 Å². The van der Waals surface area contributed by atoms with Gasteiger partial charge in [-0.1, -0.05) is 17.5 Å². The monoisotopic (exact) mass is 318 g/mol. The van der Waals surface area contributed by atoms with Crippen LogP contribution in [0.5, 0.6) is 5.75 Å². The molecule has 6 nitrogen and oxygen atoms in total. The van der Waals surface area contributed by atoms with Gasteiger partial charge in [-0.15, -0.1) is 0 Å². The Morgan fingerprint density at radius 1 is 1.17 bits per heavy atom. The van der Waals surface area contributed by atoms with Crippen molar-refractivity contribution in [2.24, 2.45) is 0 Å². The van der Waals surface area contributed by atoms with E-state index in [0.717, 1.165) is 23.2 Å². The summed E-state index contributed by atoms with van der Waals surface area (Å²) in [6.07, 6.45) is 0.790. The first-order valence-electron chi connectivity index (χ1n) is 7.13. The molecular formula is C16H19FN4O2. The summed E-state index contributed by atoms with van der Waals surface area (Å²) >= 11 is 0. The van der Waals surface area contributed by atoms with Gasteiger partial charge in [0.25, 0.3) is 5.91 Å². The average Bonchev–Trinajstić information content (AvgIpc) is 2.57. The maximum Gasteiger partial charge on any atom is 0.251 e. The maximum atomic E-state index is 12.2. The van der Waals surface area contributed by atoms with Crippen LogP contribution in [0.15, 0.2) is 36.4 Å². The Morgan fingerprint density at radius 2 is 1.87 bits per heavy atom. The summed E-state index contributed by atoms with van der Waals surface area (Å²) in [5.41, 5.74) is 16.2. The highest BCUT2D eigenvalue weighted by Gasteiger charge is 2.11. The Hall–Kier alpha value is -2.80. The van der Waals surface area contributed by atoms with Gasteiger partial charge in [-0.2, -0.15) is 0 Å². The molecule has 0 saturated carbocycles. The van der Waals surface area contributed by atoms with Gasteiger partial charge in [0.05, 0.1) is 11.4 Å². The van der Waals surface area contributed by atoms with Crippen LogP contribution in [0.25, 0.3) is 0 Å². The largest absolute Gasteiger partial charge is 0.397 e. The standard InChI is InChI=1S/C16H19FN4O2/c1-2-10-5-8-14(18)15(19)13(10)9-20-16(22)11-3-6-12(7-4-11)23-21-17/h3-8,21H,2,9,18-19H2,1H3,(H,20,22). The minimum Gasteiger partial charge on any atom is -0.397 e. The summed E-state index contributed by atoms with van der Waals surface area (Å²) in [4.78, 5) is 16.6. The molecule has 0 saturated heterocycles. The van der Waals surface area contributed by atoms with Crippen molar-refractivity contribution in [1.82, 2.24) is 11.0 Å². The van der Waals surface area contributed by atoms with Crippen molar-refractivity contribution in [3.05, 3.63) is 53.1 Å². The Labute approximate surface area is 133 Å². The molecule has 0 unspecified atom stereocenters. The van der Waals surface area contributed by atoms with Crippen molar-refractivity contribution >= 4 is 17.3 Å². The molecule has 6 N–H and O–H groups in total. The second kappa shape index (κ2) is 7.46. The lowest BCUT2D eigenvalue weighted by Gasteiger charge is -2.14. The van der Waals surface area contributed by atoms with E-state index in [1.54, 1.807) is 6.07 Å². The predicted octanol–water partition coefficient (Wildman–Crippen LogP) is 2.11. The number of rotatable bonds is 6. The SMILES string of the molecule is CCc1ccc(N)c(N)c1CNC(=O)c1ccc(ONF)cc1. The van der Waals surface area contributed by atoms with Gasteiger partial charge >= 0.3 is 0 Å². The molecule has 2 aromatic carbocycles. The first-order chi connectivity index (χ1) is 11.1. The molecule has 0 radical (unpaired) electrons. The topological polar surface area (TPSA) is 102 Å². The van der Waals surface area contributed by atoms with E-state index in [1.165, 1.54) is 24.3 Å². The average molecular weight is 318 g/mol. The predicted molar refractivity (Wildman–Crippen MR) is 87.1 cm³/mol. The number of amides is 1. The highest BCUT2D eigenvalue weighted by atomic mass is 19.2. The van der Waals surface area contributed by atoms with Crippen LogP contribution in [0.1, 0.15) is 28.4 Å². The first kappa shape index (κ1) is 16.6. The lowest BCUT2D eigenvalue weighted by molar-refractivity contribution is 0.0451. The number of hydrogen-bond acceptors (Lipinski definition) is 5. The Kier molecular flexibility index (Phi) is 5.37. The molecule has 7 heteroatoms. The zero-order chi connectivity index (χ0) is 16.8. The van der Waals surface area contributed by atoms with Crippen LogP contribution in [0.4, 0.5) is 15.9 Å². The molecule has 23 heavy (non-hydrogen) atoms. The van der Waals surface area contributed by atoms with Gasteiger partial charge in [-0.05, 0) is 47.9 Å². The number of benzene rings is 2. The Balaban J connectivity index is 2.08. The van der Waals surface area contributed by atoms with E-state index in [2.05, 4.69) is 10.2 Å². The van der Waals surface area contributed by atoms with Crippen LogP contribution in [0.2, 0.25) is 0 Å². The molecule has 0 aliphatic rings. The smallest absolute Gasteiger partial charge is 0.251 e. The molecular weight excluding hydrogens is 299 g/mol. The summed E-state index contributed by atoms with van der Waals surface area (Å²) < 4.78 is 11.8. The minimum absolute atomic E-state index is 0.261. The summed E-state index contributed by atoms with van der Waals surface area (Å²) in [7, 11) is 0. The maximum absolute atomic E-state index is 12.2. The number of anilines is 2. The lowest BCUT2D eigenvalue weighted by Crippen LogP contribution is -2.24. The van der Waals surface area contributed by atoms with Crippen molar-refractivity contribution < 1.29 is 14.1 Å². The molecule has 2 aromatic rings. The van der Waals surface area contributed by atoms with Crippen molar-refractivity contribution in [3.8, 4) is 5.75 Å². The first-order valence-corrected chi connectivity index (χ1v) is 7.13. The van der Waals surface area contributed by atoms with Crippen molar-refractivity contribution in [2.75, 3.05) is 11.5 Å². The van der Waals surface area contributed by atoms with E-state index in [1.807, 2.05) is 13.0 Å². The molecule has 2 rings (SSSR count). The number of hydrogen-bond donors (Lipinski definition) is 4. The fraction of sp³-hybridized carbons (Fsp3) is 0.188. The van der Waals surface area contributed by atoms with E-state index in [-0.39, 0.29) is 18.2 Å². The van der Waals surface area contributed by atoms with E-state index in [0.29, 0.717) is 16.9 Å². The third kappa shape index (κ3) is 3.89. The summed E-state index contributed by atoms with van der Waals surface area (Å²) in [6.45, 7) is 2.29. The third-order valence-corrected chi connectivity index (χ3v) is 3.57. The second-order valence-corrected chi connectivity index (χ2v) is 4.95. The molecule has 0 spiro atoms. The van der Waals surface area contributed by atoms with E-state index >= 15 is 0 Å². The normalized spacial score (nSPS) is 10.3. The second-order valence-electron chi connectivity index (χ2n) is 4.95. The number of carbonyl (C=O) groups is 1.